The van der Waals surface area contributed by atoms with Crippen LogP contribution in [-0.4, -0.2) is 23.6 Å². The number of aryl methyl sites for hydroxylation is 1. The van der Waals surface area contributed by atoms with E-state index in [0.29, 0.717) is 0 Å². The summed E-state index contributed by atoms with van der Waals surface area (Å²) in [4.78, 5) is 7.52. The molecule has 3 nitrogen and oxygen atoms in total. The van der Waals surface area contributed by atoms with Crippen molar-refractivity contribution in [2.24, 2.45) is 5.92 Å². The second kappa shape index (κ2) is 5.60. The van der Waals surface area contributed by atoms with Gasteiger partial charge in [-0.15, -0.1) is 0 Å². The molecule has 1 aromatic rings. The predicted octanol–water partition coefficient (Wildman–Crippen LogP) is 3.41. The summed E-state index contributed by atoms with van der Waals surface area (Å²) in [5.74, 6) is 2.15. The monoisotopic (exact) mass is 285 g/mol. The second-order valence-electron chi connectivity index (χ2n) is 7.16. The lowest BCUT2D eigenvalue weighted by Crippen LogP contribution is -2.35. The van der Waals surface area contributed by atoms with Gasteiger partial charge in [0.2, 0.25) is 0 Å². The van der Waals surface area contributed by atoms with Crippen LogP contribution in [0.1, 0.15) is 56.2 Å². The molecular weight excluding hydrogens is 258 g/mol. The molecule has 1 aliphatic heterocycles. The Morgan fingerprint density at radius 2 is 2.00 bits per heavy atom. The Kier molecular flexibility index (Phi) is 3.62. The predicted molar refractivity (Wildman–Crippen MR) is 86.5 cm³/mol. The van der Waals surface area contributed by atoms with Crippen molar-refractivity contribution in [1.82, 2.24) is 10.3 Å². The Labute approximate surface area is 128 Å². The zero-order chi connectivity index (χ0) is 14.2. The average molecular weight is 285 g/mol. The number of aromatic nitrogens is 1. The molecule has 0 spiro atoms. The molecule has 0 aromatic carbocycles. The van der Waals surface area contributed by atoms with Crippen LogP contribution in [0.5, 0.6) is 0 Å². The Morgan fingerprint density at radius 1 is 1.14 bits per heavy atom. The van der Waals surface area contributed by atoms with Crippen LogP contribution in [0.25, 0.3) is 0 Å². The van der Waals surface area contributed by atoms with Crippen LogP contribution in [0.3, 0.4) is 0 Å². The molecule has 0 amide bonds. The highest BCUT2D eigenvalue weighted by Gasteiger charge is 2.36. The van der Waals surface area contributed by atoms with Crippen molar-refractivity contribution in [2.75, 3.05) is 11.4 Å². The van der Waals surface area contributed by atoms with Crippen molar-refractivity contribution < 1.29 is 0 Å². The van der Waals surface area contributed by atoms with Gasteiger partial charge < -0.3 is 10.2 Å². The van der Waals surface area contributed by atoms with Gasteiger partial charge in [-0.1, -0.05) is 18.9 Å². The zero-order valence-electron chi connectivity index (χ0n) is 13.1. The summed E-state index contributed by atoms with van der Waals surface area (Å²) >= 11 is 0. The van der Waals surface area contributed by atoms with Gasteiger partial charge in [0, 0.05) is 30.9 Å². The Balaban J connectivity index is 1.48. The lowest BCUT2D eigenvalue weighted by atomic mass is 9.85. The maximum atomic E-state index is 4.93. The standard InChI is InChI=1S/C18H27N3/c1-13-15(12-19-16-7-8-16)6-9-18(20-13)21-11-10-14-4-2-3-5-17(14)21/h6,9,14,16-17,19H,2-5,7-8,10-12H2,1H3. The third-order valence-electron chi connectivity index (χ3n) is 5.64. The van der Waals surface area contributed by atoms with Crippen LogP contribution in [0, 0.1) is 12.8 Å². The van der Waals surface area contributed by atoms with Gasteiger partial charge in [-0.25, -0.2) is 4.98 Å². The van der Waals surface area contributed by atoms with E-state index in [2.05, 4.69) is 29.3 Å². The van der Waals surface area contributed by atoms with E-state index in [0.717, 1.165) is 24.5 Å². The molecule has 4 rings (SSSR count). The van der Waals surface area contributed by atoms with Crippen LogP contribution in [0.4, 0.5) is 5.82 Å². The molecule has 3 heteroatoms. The minimum Gasteiger partial charge on any atom is -0.353 e. The summed E-state index contributed by atoms with van der Waals surface area (Å²) < 4.78 is 0. The number of hydrogen-bond donors (Lipinski definition) is 1. The maximum absolute atomic E-state index is 4.93. The number of rotatable bonds is 4. The summed E-state index contributed by atoms with van der Waals surface area (Å²) in [7, 11) is 0. The van der Waals surface area contributed by atoms with Gasteiger partial charge in [0.25, 0.3) is 0 Å². The Morgan fingerprint density at radius 3 is 2.81 bits per heavy atom. The summed E-state index contributed by atoms with van der Waals surface area (Å²) in [5.41, 5.74) is 2.57. The SMILES string of the molecule is Cc1nc(N2CCC3CCCCC32)ccc1CNC1CC1. The molecule has 3 fully saturated rings. The van der Waals surface area contributed by atoms with Crippen molar-refractivity contribution in [2.45, 2.75) is 70.5 Å². The van der Waals surface area contributed by atoms with E-state index >= 15 is 0 Å². The number of pyridine rings is 1. The first-order valence-corrected chi connectivity index (χ1v) is 8.78. The molecule has 1 N–H and O–H groups in total. The lowest BCUT2D eigenvalue weighted by molar-refractivity contribution is 0.341. The third kappa shape index (κ3) is 2.80. The fourth-order valence-electron chi connectivity index (χ4n) is 4.16. The minimum absolute atomic E-state index is 0.765. The molecule has 1 aromatic heterocycles. The van der Waals surface area contributed by atoms with Gasteiger partial charge in [0.1, 0.15) is 5.82 Å². The van der Waals surface area contributed by atoms with Gasteiger partial charge in [-0.05, 0) is 56.6 Å². The van der Waals surface area contributed by atoms with Crippen molar-refractivity contribution in [1.29, 1.82) is 0 Å². The molecule has 2 unspecified atom stereocenters. The van der Waals surface area contributed by atoms with Crippen molar-refractivity contribution in [3.8, 4) is 0 Å². The first-order chi connectivity index (χ1) is 10.3. The number of nitrogens with one attached hydrogen (secondary N) is 1. The molecule has 0 bridgehead atoms. The quantitative estimate of drug-likeness (QED) is 0.919. The summed E-state index contributed by atoms with van der Waals surface area (Å²) in [6.07, 6.45) is 9.71. The molecule has 2 atom stereocenters. The maximum Gasteiger partial charge on any atom is 0.129 e. The summed E-state index contributed by atoms with van der Waals surface area (Å²) in [6, 6.07) is 6.09. The van der Waals surface area contributed by atoms with E-state index in [1.165, 1.54) is 68.6 Å². The van der Waals surface area contributed by atoms with Crippen molar-refractivity contribution >= 4 is 5.82 Å². The van der Waals surface area contributed by atoms with E-state index in [1.807, 2.05) is 0 Å². The summed E-state index contributed by atoms with van der Waals surface area (Å²) in [5, 5.41) is 3.59. The third-order valence-corrected chi connectivity index (χ3v) is 5.64. The van der Waals surface area contributed by atoms with E-state index in [4.69, 9.17) is 4.98 Å². The molecule has 2 heterocycles. The van der Waals surface area contributed by atoms with Gasteiger partial charge in [0.05, 0.1) is 0 Å². The Hall–Kier alpha value is -1.09. The summed E-state index contributed by atoms with van der Waals surface area (Å²) in [6.45, 7) is 4.36. The zero-order valence-corrected chi connectivity index (χ0v) is 13.1. The molecular formula is C18H27N3. The van der Waals surface area contributed by atoms with E-state index < -0.39 is 0 Å². The lowest BCUT2D eigenvalue weighted by Gasteiger charge is -2.32. The molecule has 2 aliphatic carbocycles. The molecule has 1 saturated heterocycles. The number of anilines is 1. The smallest absolute Gasteiger partial charge is 0.129 e. The van der Waals surface area contributed by atoms with E-state index in [1.54, 1.807) is 0 Å². The highest BCUT2D eigenvalue weighted by Crippen LogP contribution is 2.38. The van der Waals surface area contributed by atoms with Crippen molar-refractivity contribution in [3.63, 3.8) is 0 Å². The normalized spacial score (nSPS) is 28.7. The van der Waals surface area contributed by atoms with Crippen LogP contribution in [0.2, 0.25) is 0 Å². The first kappa shape index (κ1) is 13.6. The average Bonchev–Trinajstić information content (AvgIpc) is 3.23. The molecule has 2 saturated carbocycles. The van der Waals surface area contributed by atoms with Gasteiger partial charge in [-0.2, -0.15) is 0 Å². The first-order valence-electron chi connectivity index (χ1n) is 8.78. The highest BCUT2D eigenvalue weighted by atomic mass is 15.2. The van der Waals surface area contributed by atoms with Gasteiger partial charge in [0.15, 0.2) is 0 Å². The van der Waals surface area contributed by atoms with Crippen LogP contribution in [0.15, 0.2) is 12.1 Å². The molecule has 0 radical (unpaired) electrons. The fraction of sp³-hybridized carbons (Fsp3) is 0.722. The van der Waals surface area contributed by atoms with E-state index in [9.17, 15) is 0 Å². The molecule has 21 heavy (non-hydrogen) atoms. The van der Waals surface area contributed by atoms with Gasteiger partial charge >= 0.3 is 0 Å². The minimum atomic E-state index is 0.765. The Bertz CT molecular complexity index is 509. The fourth-order valence-corrected chi connectivity index (χ4v) is 4.16. The van der Waals surface area contributed by atoms with Crippen LogP contribution in [-0.2, 0) is 6.54 Å². The highest BCUT2D eigenvalue weighted by molar-refractivity contribution is 5.44. The number of nitrogens with zero attached hydrogens (tertiary/aromatic N) is 2. The van der Waals surface area contributed by atoms with E-state index in [-0.39, 0.29) is 0 Å². The van der Waals surface area contributed by atoms with Crippen LogP contribution >= 0.6 is 0 Å². The van der Waals surface area contributed by atoms with Crippen molar-refractivity contribution in [3.05, 3.63) is 23.4 Å². The van der Waals surface area contributed by atoms with Gasteiger partial charge in [-0.3, -0.25) is 0 Å². The molecule has 114 valence electrons. The van der Waals surface area contributed by atoms with Crippen LogP contribution < -0.4 is 10.2 Å². The topological polar surface area (TPSA) is 28.2 Å². The number of fused-ring (bicyclic) bond motifs is 1. The second-order valence-corrected chi connectivity index (χ2v) is 7.16. The molecule has 3 aliphatic rings. The largest absolute Gasteiger partial charge is 0.353 e. The number of hydrogen-bond acceptors (Lipinski definition) is 3.